The van der Waals surface area contributed by atoms with Crippen LogP contribution in [0.5, 0.6) is 11.5 Å². The van der Waals surface area contributed by atoms with E-state index in [-0.39, 0.29) is 5.75 Å². The van der Waals surface area contributed by atoms with Crippen LogP contribution in [0.1, 0.15) is 37.8 Å². The summed E-state index contributed by atoms with van der Waals surface area (Å²) >= 11 is 0. The standard InChI is InChI=1S/C27H33NO2/c1-5-26(21-11-9-20(2)10-12-21)27(23-7-6-8-24(29)19-23)22-13-15-25(16-14-22)30-18-17-28(3)4/h6-9,11-16,19-20,29H,5,10,17-18H2,1-4H3/b27-26+. The number of nitrogens with zero attached hydrogens (tertiary/aromatic N) is 1. The second-order valence-electron chi connectivity index (χ2n) is 8.17. The SMILES string of the molecule is CC/C(C1=CCC(C)C=C1)=C(/c1ccc(OCCN(C)C)cc1)c1cccc(O)c1. The Morgan fingerprint density at radius 2 is 1.87 bits per heavy atom. The molecule has 30 heavy (non-hydrogen) atoms. The zero-order valence-electron chi connectivity index (χ0n) is 18.6. The lowest BCUT2D eigenvalue weighted by Gasteiger charge is -2.20. The van der Waals surface area contributed by atoms with Gasteiger partial charge in [-0.1, -0.05) is 56.3 Å². The van der Waals surface area contributed by atoms with Gasteiger partial charge >= 0.3 is 0 Å². The van der Waals surface area contributed by atoms with E-state index in [0.29, 0.717) is 12.5 Å². The molecule has 0 aliphatic heterocycles. The fourth-order valence-electron chi connectivity index (χ4n) is 3.72. The highest BCUT2D eigenvalue weighted by Crippen LogP contribution is 2.36. The van der Waals surface area contributed by atoms with Gasteiger partial charge in [-0.2, -0.15) is 0 Å². The van der Waals surface area contributed by atoms with Crippen molar-refractivity contribution in [2.75, 3.05) is 27.2 Å². The van der Waals surface area contributed by atoms with Crippen LogP contribution in [0, 0.1) is 5.92 Å². The van der Waals surface area contributed by atoms with Crippen LogP contribution in [0.25, 0.3) is 5.57 Å². The first-order chi connectivity index (χ1) is 14.5. The molecule has 1 aliphatic carbocycles. The Balaban J connectivity index is 2.01. The van der Waals surface area contributed by atoms with E-state index in [1.54, 1.807) is 6.07 Å². The zero-order chi connectivity index (χ0) is 21.5. The average Bonchev–Trinajstić information content (AvgIpc) is 2.73. The normalized spacial score (nSPS) is 17.0. The van der Waals surface area contributed by atoms with Gasteiger partial charge in [-0.25, -0.2) is 0 Å². The van der Waals surface area contributed by atoms with Gasteiger partial charge in [0.15, 0.2) is 0 Å². The summed E-state index contributed by atoms with van der Waals surface area (Å²) in [5.41, 5.74) is 5.90. The first kappa shape index (κ1) is 21.9. The van der Waals surface area contributed by atoms with Gasteiger partial charge < -0.3 is 14.7 Å². The van der Waals surface area contributed by atoms with Crippen molar-refractivity contribution < 1.29 is 9.84 Å². The number of ether oxygens (including phenoxy) is 1. The molecule has 2 aromatic rings. The van der Waals surface area contributed by atoms with Crippen molar-refractivity contribution in [2.24, 2.45) is 5.92 Å². The van der Waals surface area contributed by atoms with Crippen molar-refractivity contribution in [3.63, 3.8) is 0 Å². The average molecular weight is 404 g/mol. The number of rotatable bonds is 8. The number of phenolic OH excluding ortho intramolecular Hbond substituents is 1. The van der Waals surface area contributed by atoms with E-state index in [1.807, 2.05) is 38.4 Å². The molecule has 1 unspecified atom stereocenters. The molecule has 3 heteroatoms. The number of phenols is 1. The fraction of sp³-hybridized carbons (Fsp3) is 0.333. The lowest BCUT2D eigenvalue weighted by atomic mass is 9.85. The number of allylic oxidation sites excluding steroid dienone is 5. The number of hydrogen-bond donors (Lipinski definition) is 1. The number of likely N-dealkylation sites (N-methyl/N-ethyl adjacent to an activating group) is 1. The summed E-state index contributed by atoms with van der Waals surface area (Å²) in [5, 5.41) is 10.1. The minimum atomic E-state index is 0.283. The van der Waals surface area contributed by atoms with Gasteiger partial charge in [-0.15, -0.1) is 0 Å². The van der Waals surface area contributed by atoms with Crippen LogP contribution >= 0.6 is 0 Å². The third-order valence-electron chi connectivity index (χ3n) is 5.40. The minimum absolute atomic E-state index is 0.283. The lowest BCUT2D eigenvalue weighted by molar-refractivity contribution is 0.261. The summed E-state index contributed by atoms with van der Waals surface area (Å²) in [4.78, 5) is 2.11. The van der Waals surface area contributed by atoms with Crippen LogP contribution in [0.2, 0.25) is 0 Å². The van der Waals surface area contributed by atoms with Crippen LogP contribution in [0.15, 0.2) is 77.9 Å². The van der Waals surface area contributed by atoms with Crippen molar-refractivity contribution in [1.29, 1.82) is 0 Å². The van der Waals surface area contributed by atoms with Gasteiger partial charge in [-0.3, -0.25) is 0 Å². The van der Waals surface area contributed by atoms with Gasteiger partial charge in [0.2, 0.25) is 0 Å². The molecule has 0 bridgehead atoms. The first-order valence-corrected chi connectivity index (χ1v) is 10.8. The highest BCUT2D eigenvalue weighted by molar-refractivity contribution is 5.85. The quantitative estimate of drug-likeness (QED) is 0.581. The van der Waals surface area contributed by atoms with E-state index in [0.717, 1.165) is 36.3 Å². The van der Waals surface area contributed by atoms with Crippen molar-refractivity contribution in [2.45, 2.75) is 26.7 Å². The van der Waals surface area contributed by atoms with E-state index in [1.165, 1.54) is 16.7 Å². The number of benzene rings is 2. The molecule has 0 spiro atoms. The van der Waals surface area contributed by atoms with E-state index in [4.69, 9.17) is 4.74 Å². The Bertz CT molecular complexity index is 936. The molecule has 0 fully saturated rings. The monoisotopic (exact) mass is 403 g/mol. The Kier molecular flexibility index (Phi) is 7.53. The molecule has 3 rings (SSSR count). The summed E-state index contributed by atoms with van der Waals surface area (Å²) in [6, 6.07) is 15.9. The van der Waals surface area contributed by atoms with Gasteiger partial charge in [0.25, 0.3) is 0 Å². The smallest absolute Gasteiger partial charge is 0.119 e. The molecule has 1 N–H and O–H groups in total. The van der Waals surface area contributed by atoms with Crippen molar-refractivity contribution >= 4 is 5.57 Å². The maximum atomic E-state index is 10.1. The Morgan fingerprint density at radius 3 is 2.47 bits per heavy atom. The number of hydrogen-bond acceptors (Lipinski definition) is 3. The predicted molar refractivity (Wildman–Crippen MR) is 126 cm³/mol. The van der Waals surface area contributed by atoms with Gasteiger partial charge in [-0.05, 0) is 85.0 Å². The topological polar surface area (TPSA) is 32.7 Å². The first-order valence-electron chi connectivity index (χ1n) is 10.8. The molecule has 0 aromatic heterocycles. The molecule has 1 atom stereocenters. The maximum absolute atomic E-state index is 10.1. The predicted octanol–water partition coefficient (Wildman–Crippen LogP) is 6.07. The molecule has 1 aliphatic rings. The van der Waals surface area contributed by atoms with Crippen LogP contribution in [0.3, 0.4) is 0 Å². The molecule has 2 aromatic carbocycles. The van der Waals surface area contributed by atoms with E-state index >= 15 is 0 Å². The molecule has 3 nitrogen and oxygen atoms in total. The molecule has 0 saturated heterocycles. The molecule has 0 radical (unpaired) electrons. The highest BCUT2D eigenvalue weighted by Gasteiger charge is 2.16. The van der Waals surface area contributed by atoms with Crippen LogP contribution in [0.4, 0.5) is 0 Å². The zero-order valence-corrected chi connectivity index (χ0v) is 18.6. The summed E-state index contributed by atoms with van der Waals surface area (Å²) < 4.78 is 5.87. The third-order valence-corrected chi connectivity index (χ3v) is 5.40. The Morgan fingerprint density at radius 1 is 1.10 bits per heavy atom. The molecular weight excluding hydrogens is 370 g/mol. The van der Waals surface area contributed by atoms with E-state index in [9.17, 15) is 5.11 Å². The Hall–Kier alpha value is -2.78. The van der Waals surface area contributed by atoms with Crippen molar-refractivity contribution in [3.8, 4) is 11.5 Å². The summed E-state index contributed by atoms with van der Waals surface area (Å²) in [5.74, 6) is 1.74. The minimum Gasteiger partial charge on any atom is -0.508 e. The van der Waals surface area contributed by atoms with Crippen LogP contribution < -0.4 is 4.74 Å². The van der Waals surface area contributed by atoms with Gasteiger partial charge in [0, 0.05) is 6.54 Å². The van der Waals surface area contributed by atoms with E-state index in [2.05, 4.69) is 55.2 Å². The molecule has 0 amide bonds. The largest absolute Gasteiger partial charge is 0.508 e. The fourth-order valence-corrected chi connectivity index (χ4v) is 3.72. The maximum Gasteiger partial charge on any atom is 0.119 e. The second kappa shape index (κ2) is 10.3. The third kappa shape index (κ3) is 5.64. The molecule has 158 valence electrons. The van der Waals surface area contributed by atoms with Crippen molar-refractivity contribution in [3.05, 3.63) is 89.0 Å². The summed E-state index contributed by atoms with van der Waals surface area (Å²) in [6.07, 6.45) is 8.84. The Labute approximate surface area is 181 Å². The number of aromatic hydroxyl groups is 1. The molecular formula is C27H33NO2. The highest BCUT2D eigenvalue weighted by atomic mass is 16.5. The van der Waals surface area contributed by atoms with Crippen LogP contribution in [-0.4, -0.2) is 37.3 Å². The second-order valence-corrected chi connectivity index (χ2v) is 8.17. The summed E-state index contributed by atoms with van der Waals surface area (Å²) in [6.45, 7) is 5.99. The molecule has 0 heterocycles. The van der Waals surface area contributed by atoms with Gasteiger partial charge in [0.05, 0.1) is 0 Å². The van der Waals surface area contributed by atoms with Crippen molar-refractivity contribution in [1.82, 2.24) is 4.90 Å². The lowest BCUT2D eigenvalue weighted by Crippen LogP contribution is -2.19. The van der Waals surface area contributed by atoms with Gasteiger partial charge in [0.1, 0.15) is 18.1 Å². The summed E-state index contributed by atoms with van der Waals surface area (Å²) in [7, 11) is 4.08. The van der Waals surface area contributed by atoms with Crippen LogP contribution in [-0.2, 0) is 0 Å². The van der Waals surface area contributed by atoms with E-state index < -0.39 is 0 Å². The molecule has 0 saturated carbocycles.